The topological polar surface area (TPSA) is 3.24 Å². The highest BCUT2D eigenvalue weighted by molar-refractivity contribution is 9.69. The molecule has 0 aromatic carbocycles. The average Bonchev–Trinajstić information content (AvgIpc) is 1.59. The highest BCUT2D eigenvalue weighted by Crippen LogP contribution is 2.57. The van der Waals surface area contributed by atoms with Gasteiger partial charge in [0.15, 0.2) is 0 Å². The largest absolute Gasteiger partial charge is 0.260 e. The van der Waals surface area contributed by atoms with Crippen LogP contribution in [0.3, 0.4) is 0 Å². The minimum Gasteiger partial charge on any atom is -0.260 e. The maximum absolute atomic E-state index is 3.55. The molecule has 0 N–H and O–H groups in total. The first-order valence-corrected chi connectivity index (χ1v) is 8.70. The molecule has 0 saturated heterocycles. The summed E-state index contributed by atoms with van der Waals surface area (Å²) in [6.45, 7) is 8.82. The Morgan fingerprint density at radius 3 is 1.30 bits per heavy atom. The van der Waals surface area contributed by atoms with Gasteiger partial charge in [-0.3, -0.25) is 4.67 Å². The maximum atomic E-state index is 3.55. The first-order valence-electron chi connectivity index (χ1n) is 3.36. The van der Waals surface area contributed by atoms with Crippen LogP contribution in [0.5, 0.6) is 0 Å². The normalized spacial score (nSPS) is 12.6. The fourth-order valence-electron chi connectivity index (χ4n) is 0.945. The first kappa shape index (κ1) is 11.4. The lowest BCUT2D eigenvalue weighted by atomic mass is 10.3. The molecule has 0 aliphatic carbocycles. The molecule has 0 amide bonds. The summed E-state index contributed by atoms with van der Waals surface area (Å²) in [5.74, 6) is 0. The predicted octanol–water partition coefficient (Wildman–Crippen LogP) is 4.12. The molecule has 0 aliphatic heterocycles. The number of nitrogens with zero attached hydrogens (tertiary/aromatic N) is 1. The van der Waals surface area contributed by atoms with Crippen LogP contribution in [-0.4, -0.2) is 16.8 Å². The van der Waals surface area contributed by atoms with E-state index in [0.29, 0.717) is 12.1 Å². The van der Waals surface area contributed by atoms with Crippen molar-refractivity contribution in [3.63, 3.8) is 0 Å². The van der Waals surface area contributed by atoms with Gasteiger partial charge < -0.3 is 0 Å². The molecule has 0 bridgehead atoms. The van der Waals surface area contributed by atoms with Gasteiger partial charge in [0.25, 0.3) is 0 Å². The minimum absolute atomic E-state index is 0.284. The van der Waals surface area contributed by atoms with Gasteiger partial charge in [-0.2, -0.15) is 0 Å². The summed E-state index contributed by atoms with van der Waals surface area (Å²) in [6.07, 6.45) is 0. The van der Waals surface area contributed by atoms with Crippen LogP contribution in [0, 0.1) is 0 Å². The molecule has 1 nitrogen and oxygen atoms in total. The van der Waals surface area contributed by atoms with Crippen molar-refractivity contribution >= 4 is 36.5 Å². The Kier molecular flexibility index (Phi) is 5.76. The molecule has 0 aromatic rings. The van der Waals surface area contributed by atoms with Crippen LogP contribution in [0.4, 0.5) is 0 Å². The maximum Gasteiger partial charge on any atom is 0.108 e. The first-order chi connectivity index (χ1) is 4.46. The van der Waals surface area contributed by atoms with E-state index in [1.165, 1.54) is 0 Å². The van der Waals surface area contributed by atoms with Crippen molar-refractivity contribution in [3.8, 4) is 0 Å². The molecule has 10 heavy (non-hydrogen) atoms. The van der Waals surface area contributed by atoms with Crippen molar-refractivity contribution in [2.24, 2.45) is 0 Å². The van der Waals surface area contributed by atoms with Gasteiger partial charge in [-0.15, -0.1) is 0 Å². The van der Waals surface area contributed by atoms with Crippen LogP contribution in [-0.2, 0) is 0 Å². The monoisotopic (exact) mass is 289 g/mol. The Bertz CT molecular complexity index is 76.7. The molecule has 0 unspecified atom stereocenters. The smallest absolute Gasteiger partial charge is 0.108 e. The third-order valence-electron chi connectivity index (χ3n) is 1.23. The number of rotatable bonds is 3. The van der Waals surface area contributed by atoms with Crippen molar-refractivity contribution in [2.45, 2.75) is 39.8 Å². The summed E-state index contributed by atoms with van der Waals surface area (Å²) in [5.41, 5.74) is -0.284. The second-order valence-electron chi connectivity index (χ2n) is 2.78. The Labute approximate surface area is 80.8 Å². The second kappa shape index (κ2) is 5.08. The van der Waals surface area contributed by atoms with Gasteiger partial charge in [0, 0.05) is 12.1 Å². The van der Waals surface area contributed by atoms with Crippen molar-refractivity contribution in [3.05, 3.63) is 0 Å². The van der Waals surface area contributed by atoms with E-state index < -0.39 is 0 Å². The van der Waals surface area contributed by atoms with E-state index in [1.54, 1.807) is 0 Å². The van der Waals surface area contributed by atoms with Gasteiger partial charge in [0.1, 0.15) is 5.48 Å². The molecule has 0 saturated carbocycles. The molecule has 0 rings (SSSR count). The molecule has 62 valence electrons. The van der Waals surface area contributed by atoms with E-state index in [-0.39, 0.29) is 5.48 Å². The van der Waals surface area contributed by atoms with Gasteiger partial charge in [-0.25, -0.2) is 0 Å². The van der Waals surface area contributed by atoms with E-state index in [0.717, 1.165) is 0 Å². The second-order valence-corrected chi connectivity index (χ2v) is 10.6. The number of halogens is 2. The lowest BCUT2D eigenvalue weighted by Gasteiger charge is -2.31. The highest BCUT2D eigenvalue weighted by atomic mass is 79.9. The Morgan fingerprint density at radius 1 is 1.00 bits per heavy atom. The Hall–Kier alpha value is 1.35. The summed E-state index contributed by atoms with van der Waals surface area (Å²) in [4.78, 5) is 0. The fraction of sp³-hybridized carbons (Fsp3) is 1.00. The van der Waals surface area contributed by atoms with Gasteiger partial charge in [0.2, 0.25) is 0 Å². The van der Waals surface area contributed by atoms with Crippen LogP contribution in [0.25, 0.3) is 0 Å². The number of hydrogen-bond donors (Lipinski definition) is 0. The lowest BCUT2D eigenvalue weighted by molar-refractivity contribution is 0.332. The molecule has 0 aromatic heterocycles. The summed E-state index contributed by atoms with van der Waals surface area (Å²) in [6, 6.07) is 1.20. The zero-order chi connectivity index (χ0) is 8.31. The van der Waals surface area contributed by atoms with E-state index in [2.05, 4.69) is 63.3 Å². The van der Waals surface area contributed by atoms with Crippen LogP contribution in [0.1, 0.15) is 27.7 Å². The summed E-state index contributed by atoms with van der Waals surface area (Å²) >= 11 is 7.10. The summed E-state index contributed by atoms with van der Waals surface area (Å²) in [7, 11) is 0. The SMILES string of the molecule is CC(C)N(C(C)C)P(Br)Br. The van der Waals surface area contributed by atoms with Crippen molar-refractivity contribution < 1.29 is 0 Å². The molecule has 0 spiro atoms. The molecule has 4 heteroatoms. The Morgan fingerprint density at radius 2 is 1.30 bits per heavy atom. The molecular weight excluding hydrogens is 277 g/mol. The third kappa shape index (κ3) is 3.66. The van der Waals surface area contributed by atoms with Crippen molar-refractivity contribution in [2.75, 3.05) is 0 Å². The van der Waals surface area contributed by atoms with E-state index in [4.69, 9.17) is 0 Å². The quantitative estimate of drug-likeness (QED) is 0.707. The fourth-order valence-corrected chi connectivity index (χ4v) is 6.04. The van der Waals surface area contributed by atoms with Crippen molar-refractivity contribution in [1.82, 2.24) is 4.67 Å². The molecule has 0 radical (unpaired) electrons. The van der Waals surface area contributed by atoms with Crippen LogP contribution < -0.4 is 0 Å². The van der Waals surface area contributed by atoms with E-state index in [9.17, 15) is 0 Å². The van der Waals surface area contributed by atoms with Crippen LogP contribution in [0.15, 0.2) is 0 Å². The van der Waals surface area contributed by atoms with Gasteiger partial charge in [-0.1, -0.05) is 0 Å². The minimum atomic E-state index is -0.284. The Balaban J connectivity index is 3.98. The highest BCUT2D eigenvalue weighted by Gasteiger charge is 2.18. The molecule has 0 atom stereocenters. The molecule has 0 heterocycles. The molecule has 0 fully saturated rings. The van der Waals surface area contributed by atoms with Gasteiger partial charge in [-0.05, 0) is 58.7 Å². The van der Waals surface area contributed by atoms with Crippen LogP contribution in [0.2, 0.25) is 0 Å². The average molecular weight is 291 g/mol. The van der Waals surface area contributed by atoms with E-state index >= 15 is 0 Å². The molecular formula is C6H14Br2NP. The zero-order valence-electron chi connectivity index (χ0n) is 6.81. The summed E-state index contributed by atoms with van der Waals surface area (Å²) < 4.78 is 2.40. The van der Waals surface area contributed by atoms with Gasteiger partial charge in [0.05, 0.1) is 0 Å². The summed E-state index contributed by atoms with van der Waals surface area (Å²) in [5, 5.41) is 0. The number of hydrogen-bond acceptors (Lipinski definition) is 1. The standard InChI is InChI=1S/C6H14Br2NP/c1-5(2)9(6(3)4)10(7)8/h5-6H,1-4H3. The predicted molar refractivity (Wildman–Crippen MR) is 56.9 cm³/mol. The van der Waals surface area contributed by atoms with Crippen LogP contribution >= 0.6 is 36.5 Å². The van der Waals surface area contributed by atoms with Crippen molar-refractivity contribution in [1.29, 1.82) is 0 Å². The van der Waals surface area contributed by atoms with Gasteiger partial charge >= 0.3 is 0 Å². The third-order valence-corrected chi connectivity index (χ3v) is 4.70. The molecule has 0 aliphatic rings. The zero-order valence-corrected chi connectivity index (χ0v) is 10.9. The lowest BCUT2D eigenvalue weighted by Crippen LogP contribution is -2.29. The van der Waals surface area contributed by atoms with E-state index in [1.807, 2.05) is 0 Å².